The number of rotatable bonds is 5. The maximum Gasteiger partial charge on any atom is 0.257 e. The lowest BCUT2D eigenvalue weighted by atomic mass is 9.90. The van der Waals surface area contributed by atoms with Crippen LogP contribution in [0.5, 0.6) is 5.75 Å². The lowest BCUT2D eigenvalue weighted by Crippen LogP contribution is -2.46. The molecule has 0 spiro atoms. The number of piperidine rings is 1. The number of likely N-dealkylation sites (tertiary alicyclic amines) is 1. The highest BCUT2D eigenvalue weighted by molar-refractivity contribution is 5.93. The summed E-state index contributed by atoms with van der Waals surface area (Å²) in [7, 11) is 0. The Kier molecular flexibility index (Phi) is 5.73. The summed E-state index contributed by atoms with van der Waals surface area (Å²) in [4.78, 5) is 17.1. The molecule has 1 aromatic heterocycles. The molecule has 5 rings (SSSR count). The zero-order valence-electron chi connectivity index (χ0n) is 17.4. The van der Waals surface area contributed by atoms with Gasteiger partial charge in [-0.05, 0) is 49.9 Å². The van der Waals surface area contributed by atoms with Crippen molar-refractivity contribution in [3.8, 4) is 11.4 Å². The second-order valence-corrected chi connectivity index (χ2v) is 8.51. The van der Waals surface area contributed by atoms with Crippen LogP contribution in [-0.2, 0) is 4.74 Å². The van der Waals surface area contributed by atoms with E-state index >= 15 is 0 Å². The largest absolute Gasteiger partial charge is 0.490 e. The Morgan fingerprint density at radius 2 is 1.73 bits per heavy atom. The first-order chi connectivity index (χ1) is 14.8. The maximum atomic E-state index is 12.6. The maximum absolute atomic E-state index is 12.6. The van der Waals surface area contributed by atoms with E-state index in [4.69, 9.17) is 9.47 Å². The molecule has 1 amide bonds. The summed E-state index contributed by atoms with van der Waals surface area (Å²) in [5.74, 6) is 0.912. The third kappa shape index (κ3) is 4.23. The van der Waals surface area contributed by atoms with E-state index in [1.165, 1.54) is 19.3 Å². The first-order valence-corrected chi connectivity index (χ1v) is 11.2. The Morgan fingerprint density at radius 3 is 2.40 bits per heavy atom. The van der Waals surface area contributed by atoms with Crippen molar-refractivity contribution in [2.75, 3.05) is 39.4 Å². The number of amides is 1. The van der Waals surface area contributed by atoms with Gasteiger partial charge in [-0.2, -0.15) is 5.10 Å². The molecule has 1 aromatic carbocycles. The van der Waals surface area contributed by atoms with Crippen molar-refractivity contribution in [2.45, 2.75) is 44.2 Å². The minimum Gasteiger partial charge on any atom is -0.490 e. The van der Waals surface area contributed by atoms with Gasteiger partial charge in [0.15, 0.2) is 0 Å². The molecule has 7 heteroatoms. The van der Waals surface area contributed by atoms with Gasteiger partial charge >= 0.3 is 0 Å². The third-order valence-electron chi connectivity index (χ3n) is 6.60. The van der Waals surface area contributed by atoms with Crippen LogP contribution in [0, 0.1) is 0 Å². The Hall–Kier alpha value is -2.38. The molecule has 3 heterocycles. The topological polar surface area (TPSA) is 59.8 Å². The van der Waals surface area contributed by atoms with Crippen molar-refractivity contribution in [1.82, 2.24) is 19.6 Å². The number of carbonyl (C=O) groups is 1. The van der Waals surface area contributed by atoms with E-state index < -0.39 is 0 Å². The van der Waals surface area contributed by atoms with E-state index in [0.29, 0.717) is 38.0 Å². The lowest BCUT2D eigenvalue weighted by Gasteiger charge is -2.41. The number of hydrogen-bond donors (Lipinski definition) is 0. The van der Waals surface area contributed by atoms with Crippen LogP contribution in [0.3, 0.4) is 0 Å². The highest BCUT2D eigenvalue weighted by atomic mass is 16.5. The normalized spacial score (nSPS) is 21.4. The Bertz CT molecular complexity index is 848. The SMILES string of the molecule is O=C(c1cnn(-c2ccc(OC3CCN(C4CCC4)CC3)cc2)c1)N1CCOCC1. The van der Waals surface area contributed by atoms with Crippen molar-refractivity contribution in [3.05, 3.63) is 42.2 Å². The van der Waals surface area contributed by atoms with Crippen molar-refractivity contribution >= 4 is 5.91 Å². The van der Waals surface area contributed by atoms with Crippen LogP contribution in [-0.4, -0.2) is 77.0 Å². The third-order valence-corrected chi connectivity index (χ3v) is 6.60. The van der Waals surface area contributed by atoms with Crippen LogP contribution in [0.15, 0.2) is 36.7 Å². The van der Waals surface area contributed by atoms with E-state index in [9.17, 15) is 4.79 Å². The number of aromatic nitrogens is 2. The van der Waals surface area contributed by atoms with Gasteiger partial charge in [0.05, 0.1) is 30.7 Å². The van der Waals surface area contributed by atoms with Crippen molar-refractivity contribution < 1.29 is 14.3 Å². The average Bonchev–Trinajstić information content (AvgIpc) is 3.25. The standard InChI is InChI=1S/C23H30N4O3/c28-23(26-12-14-29-15-13-26)18-16-24-27(17-18)20-4-6-21(7-5-20)30-22-8-10-25(11-9-22)19-2-1-3-19/h4-7,16-17,19,22H,1-3,8-15H2. The molecule has 160 valence electrons. The van der Waals surface area contributed by atoms with Crippen LogP contribution in [0.1, 0.15) is 42.5 Å². The minimum absolute atomic E-state index is 0.0118. The van der Waals surface area contributed by atoms with E-state index in [0.717, 1.165) is 43.4 Å². The smallest absolute Gasteiger partial charge is 0.257 e. The highest BCUT2D eigenvalue weighted by Gasteiger charge is 2.29. The van der Waals surface area contributed by atoms with Gasteiger partial charge in [0.2, 0.25) is 0 Å². The molecule has 0 bridgehead atoms. The number of hydrogen-bond acceptors (Lipinski definition) is 5. The second-order valence-electron chi connectivity index (χ2n) is 8.51. The molecule has 7 nitrogen and oxygen atoms in total. The molecule has 30 heavy (non-hydrogen) atoms. The minimum atomic E-state index is 0.0118. The Labute approximate surface area is 177 Å². The van der Waals surface area contributed by atoms with Gasteiger partial charge < -0.3 is 19.3 Å². The number of morpholine rings is 1. The number of nitrogens with zero attached hydrogens (tertiary/aromatic N) is 4. The molecule has 0 unspecified atom stereocenters. The monoisotopic (exact) mass is 410 g/mol. The summed E-state index contributed by atoms with van der Waals surface area (Å²) in [5.41, 5.74) is 1.53. The quantitative estimate of drug-likeness (QED) is 0.759. The number of carbonyl (C=O) groups excluding carboxylic acids is 1. The molecule has 0 radical (unpaired) electrons. The summed E-state index contributed by atoms with van der Waals surface area (Å²) >= 11 is 0. The van der Waals surface area contributed by atoms with Gasteiger partial charge in [-0.25, -0.2) is 4.68 Å². The molecular formula is C23H30N4O3. The number of benzene rings is 1. The number of ether oxygens (including phenoxy) is 2. The van der Waals surface area contributed by atoms with Gasteiger partial charge in [0, 0.05) is 38.4 Å². The molecule has 0 atom stereocenters. The second kappa shape index (κ2) is 8.78. The van der Waals surface area contributed by atoms with Gasteiger partial charge in [0.1, 0.15) is 11.9 Å². The van der Waals surface area contributed by atoms with Gasteiger partial charge in [0.25, 0.3) is 5.91 Å². The Balaban J connectivity index is 1.16. The van der Waals surface area contributed by atoms with Crippen molar-refractivity contribution in [2.24, 2.45) is 0 Å². The Morgan fingerprint density at radius 1 is 1.00 bits per heavy atom. The summed E-state index contributed by atoms with van der Waals surface area (Å²) in [6.45, 7) is 4.77. The van der Waals surface area contributed by atoms with Crippen LogP contribution in [0.4, 0.5) is 0 Å². The predicted octanol–water partition coefficient (Wildman–Crippen LogP) is 2.74. The van der Waals surface area contributed by atoms with Gasteiger partial charge in [-0.1, -0.05) is 6.42 Å². The molecule has 3 fully saturated rings. The molecule has 3 aliphatic rings. The van der Waals surface area contributed by atoms with Crippen LogP contribution in [0.2, 0.25) is 0 Å². The molecule has 1 aliphatic carbocycles. The van der Waals surface area contributed by atoms with Crippen LogP contribution in [0.25, 0.3) is 5.69 Å². The fraction of sp³-hybridized carbons (Fsp3) is 0.565. The van der Waals surface area contributed by atoms with E-state index in [1.54, 1.807) is 17.1 Å². The zero-order valence-corrected chi connectivity index (χ0v) is 17.4. The van der Waals surface area contributed by atoms with Crippen LogP contribution >= 0.6 is 0 Å². The lowest BCUT2D eigenvalue weighted by molar-refractivity contribution is 0.0303. The van der Waals surface area contributed by atoms with E-state index in [2.05, 4.69) is 10.00 Å². The van der Waals surface area contributed by atoms with Crippen LogP contribution < -0.4 is 4.74 Å². The molecular weight excluding hydrogens is 380 g/mol. The zero-order chi connectivity index (χ0) is 20.3. The van der Waals surface area contributed by atoms with Gasteiger partial charge in [-0.15, -0.1) is 0 Å². The fourth-order valence-electron chi connectivity index (χ4n) is 4.50. The van der Waals surface area contributed by atoms with Gasteiger partial charge in [-0.3, -0.25) is 4.79 Å². The summed E-state index contributed by atoms with van der Waals surface area (Å²) in [6.07, 6.45) is 10.1. The molecule has 1 saturated carbocycles. The highest BCUT2D eigenvalue weighted by Crippen LogP contribution is 2.28. The van der Waals surface area contributed by atoms with Crippen molar-refractivity contribution in [3.63, 3.8) is 0 Å². The first-order valence-electron chi connectivity index (χ1n) is 11.2. The van der Waals surface area contributed by atoms with Crippen molar-refractivity contribution in [1.29, 1.82) is 0 Å². The predicted molar refractivity (Wildman–Crippen MR) is 113 cm³/mol. The first kappa shape index (κ1) is 19.6. The summed E-state index contributed by atoms with van der Waals surface area (Å²) < 4.78 is 13.3. The summed E-state index contributed by atoms with van der Waals surface area (Å²) in [6, 6.07) is 8.82. The molecule has 2 saturated heterocycles. The average molecular weight is 411 g/mol. The van der Waals surface area contributed by atoms with E-state index in [1.807, 2.05) is 29.2 Å². The van der Waals surface area contributed by atoms with E-state index in [-0.39, 0.29) is 5.91 Å². The fourth-order valence-corrected chi connectivity index (χ4v) is 4.50. The molecule has 0 N–H and O–H groups in total. The molecule has 2 aromatic rings. The summed E-state index contributed by atoms with van der Waals surface area (Å²) in [5, 5.41) is 4.38. The molecule has 2 aliphatic heterocycles.